The zero-order valence-electron chi connectivity index (χ0n) is 11.4. The van der Waals surface area contributed by atoms with Crippen LogP contribution in [0.1, 0.15) is 18.2 Å². The van der Waals surface area contributed by atoms with Gasteiger partial charge in [-0.15, -0.1) is 0 Å². The zero-order valence-corrected chi connectivity index (χ0v) is 12.2. The van der Waals surface area contributed by atoms with Gasteiger partial charge in [-0.3, -0.25) is 14.5 Å². The van der Waals surface area contributed by atoms with E-state index in [-0.39, 0.29) is 17.4 Å². The molecule has 0 spiro atoms. The fourth-order valence-electron chi connectivity index (χ4n) is 2.51. The number of carboxylic acids is 1. The van der Waals surface area contributed by atoms with Gasteiger partial charge in [0.05, 0.1) is 24.3 Å². The van der Waals surface area contributed by atoms with Crippen molar-refractivity contribution in [2.24, 2.45) is 10.9 Å². The fourth-order valence-corrected chi connectivity index (χ4v) is 2.83. The quantitative estimate of drug-likeness (QED) is 0.860. The van der Waals surface area contributed by atoms with Crippen LogP contribution in [0.3, 0.4) is 0 Å². The van der Waals surface area contributed by atoms with E-state index in [2.05, 4.69) is 4.99 Å². The molecule has 7 heteroatoms. The van der Waals surface area contributed by atoms with Gasteiger partial charge in [-0.2, -0.15) is 0 Å². The van der Waals surface area contributed by atoms with Crippen molar-refractivity contribution in [3.63, 3.8) is 0 Å². The lowest BCUT2D eigenvalue weighted by atomic mass is 9.94. The van der Waals surface area contributed by atoms with Crippen molar-refractivity contribution in [2.75, 3.05) is 0 Å². The molecule has 0 bridgehead atoms. The Labute approximate surface area is 131 Å². The van der Waals surface area contributed by atoms with Crippen LogP contribution in [0.15, 0.2) is 52.1 Å². The minimum absolute atomic E-state index is 0.0545. The maximum Gasteiger partial charge on any atom is 0.305 e. The number of carbonyl (C=O) groups excluding carboxylic acids is 1. The highest BCUT2D eigenvalue weighted by Gasteiger charge is 2.40. The lowest BCUT2D eigenvalue weighted by Gasteiger charge is -2.34. The van der Waals surface area contributed by atoms with Crippen molar-refractivity contribution in [1.82, 2.24) is 4.90 Å². The first-order chi connectivity index (χ1) is 10.6. The number of carbonyl (C=O) groups is 2. The molecule has 112 valence electrons. The Morgan fingerprint density at radius 2 is 2.32 bits per heavy atom. The van der Waals surface area contributed by atoms with Crippen LogP contribution in [-0.4, -0.2) is 32.7 Å². The van der Waals surface area contributed by atoms with Gasteiger partial charge in [0, 0.05) is 0 Å². The summed E-state index contributed by atoms with van der Waals surface area (Å²) >= 11 is 5.20. The first-order valence-electron chi connectivity index (χ1n) is 6.63. The maximum absolute atomic E-state index is 12.7. The first kappa shape index (κ1) is 14.4. The Kier molecular flexibility index (Phi) is 3.72. The molecule has 1 aromatic rings. The predicted molar refractivity (Wildman–Crippen MR) is 82.4 cm³/mol. The summed E-state index contributed by atoms with van der Waals surface area (Å²) in [6.45, 7) is 0. The number of rotatable bonds is 4. The number of allylic oxidation sites excluding steroid dienone is 3. The van der Waals surface area contributed by atoms with Crippen molar-refractivity contribution >= 4 is 34.9 Å². The van der Waals surface area contributed by atoms with Crippen molar-refractivity contribution in [1.29, 1.82) is 0 Å². The van der Waals surface area contributed by atoms with E-state index in [1.165, 1.54) is 11.2 Å². The molecule has 0 radical (unpaired) electrons. The molecule has 2 aliphatic rings. The van der Waals surface area contributed by atoms with Crippen molar-refractivity contribution < 1.29 is 19.1 Å². The molecular weight excluding hydrogens is 304 g/mol. The third kappa shape index (κ3) is 2.50. The number of hydrogen-bond acceptors (Lipinski definition) is 4. The van der Waals surface area contributed by atoms with Crippen LogP contribution in [0.25, 0.3) is 0 Å². The Balaban J connectivity index is 2.00. The minimum Gasteiger partial charge on any atom is -0.481 e. The number of carboxylic acid groups (broad SMARTS) is 1. The SMILES string of the molecule is O=C(O)CC(c1ccco1)N1C(=O)C2C=CC=CC2=NC1=S. The molecule has 1 N–H and O–H groups in total. The van der Waals surface area contributed by atoms with Crippen molar-refractivity contribution in [2.45, 2.75) is 12.5 Å². The largest absolute Gasteiger partial charge is 0.481 e. The normalized spacial score (nSPS) is 21.5. The predicted octanol–water partition coefficient (Wildman–Crippen LogP) is 2.11. The second-order valence-electron chi connectivity index (χ2n) is 4.88. The number of aliphatic imine (C=N–C) groups is 1. The summed E-state index contributed by atoms with van der Waals surface area (Å²) in [5.74, 6) is -1.51. The molecule has 0 saturated carbocycles. The smallest absolute Gasteiger partial charge is 0.305 e. The van der Waals surface area contributed by atoms with Gasteiger partial charge in [0.25, 0.3) is 0 Å². The molecule has 1 amide bonds. The molecule has 0 saturated heterocycles. The van der Waals surface area contributed by atoms with E-state index in [0.29, 0.717) is 11.5 Å². The van der Waals surface area contributed by atoms with Crippen molar-refractivity contribution in [3.8, 4) is 0 Å². The minimum atomic E-state index is -1.05. The zero-order chi connectivity index (χ0) is 15.7. The van der Waals surface area contributed by atoms with Crippen molar-refractivity contribution in [3.05, 3.63) is 48.5 Å². The second kappa shape index (κ2) is 5.69. The molecule has 6 nitrogen and oxygen atoms in total. The van der Waals surface area contributed by atoms with Crippen LogP contribution in [0.4, 0.5) is 0 Å². The standard InChI is InChI=1S/C15H12N2O4S/c18-13(19)8-11(12-6-3-7-21-12)17-14(20)9-4-1-2-5-10(9)16-15(17)22/h1-7,9,11H,8H2,(H,18,19). The maximum atomic E-state index is 12.7. The third-order valence-electron chi connectivity index (χ3n) is 3.49. The van der Waals surface area contributed by atoms with Gasteiger partial charge in [0.1, 0.15) is 11.8 Å². The Bertz CT molecular complexity index is 718. The molecule has 0 fully saturated rings. The third-order valence-corrected chi connectivity index (χ3v) is 3.77. The van der Waals surface area contributed by atoms with Crippen LogP contribution in [-0.2, 0) is 9.59 Å². The van der Waals surface area contributed by atoms with E-state index in [4.69, 9.17) is 21.7 Å². The number of amides is 1. The lowest BCUT2D eigenvalue weighted by Crippen LogP contribution is -2.48. The molecule has 3 rings (SSSR count). The van der Waals surface area contributed by atoms with E-state index in [1.54, 1.807) is 36.4 Å². The lowest BCUT2D eigenvalue weighted by molar-refractivity contribution is -0.139. The summed E-state index contributed by atoms with van der Waals surface area (Å²) in [5, 5.41) is 9.19. The fraction of sp³-hybridized carbons (Fsp3) is 0.200. The molecule has 1 aliphatic carbocycles. The van der Waals surface area contributed by atoms with Crippen LogP contribution >= 0.6 is 12.2 Å². The van der Waals surface area contributed by atoms with Crippen LogP contribution in [0.2, 0.25) is 0 Å². The van der Waals surface area contributed by atoms with Gasteiger partial charge in [0.2, 0.25) is 11.0 Å². The molecule has 0 aromatic carbocycles. The number of nitrogens with zero attached hydrogens (tertiary/aromatic N) is 2. The van der Waals surface area contributed by atoms with Gasteiger partial charge in [-0.25, -0.2) is 4.99 Å². The number of furan rings is 1. The molecule has 1 aromatic heterocycles. The Hall–Kier alpha value is -2.54. The molecule has 1 aliphatic heterocycles. The van der Waals surface area contributed by atoms with E-state index in [0.717, 1.165) is 0 Å². The molecule has 22 heavy (non-hydrogen) atoms. The number of thiocarbonyl (C=S) groups is 1. The molecule has 2 unspecified atom stereocenters. The second-order valence-corrected chi connectivity index (χ2v) is 5.24. The first-order valence-corrected chi connectivity index (χ1v) is 7.04. The highest BCUT2D eigenvalue weighted by atomic mass is 32.1. The summed E-state index contributed by atoms with van der Waals surface area (Å²) in [6.07, 6.45) is 8.10. The van der Waals surface area contributed by atoms with Crippen LogP contribution < -0.4 is 0 Å². The Morgan fingerprint density at radius 3 is 3.00 bits per heavy atom. The Morgan fingerprint density at radius 1 is 1.50 bits per heavy atom. The van der Waals surface area contributed by atoms with Gasteiger partial charge in [-0.1, -0.05) is 18.2 Å². The molecular formula is C15H12N2O4S. The highest BCUT2D eigenvalue weighted by Crippen LogP contribution is 2.31. The van der Waals surface area contributed by atoms with Crippen LogP contribution in [0.5, 0.6) is 0 Å². The summed E-state index contributed by atoms with van der Waals surface area (Å²) in [6, 6.07) is 2.45. The molecule has 2 atom stereocenters. The molecule has 2 heterocycles. The van der Waals surface area contributed by atoms with E-state index in [9.17, 15) is 9.59 Å². The van der Waals surface area contributed by atoms with E-state index < -0.39 is 17.9 Å². The van der Waals surface area contributed by atoms with Crippen LogP contribution in [0, 0.1) is 5.92 Å². The van der Waals surface area contributed by atoms with Gasteiger partial charge in [0.15, 0.2) is 0 Å². The summed E-state index contributed by atoms with van der Waals surface area (Å²) in [4.78, 5) is 29.4. The summed E-state index contributed by atoms with van der Waals surface area (Å²) in [5.41, 5.74) is 0.572. The van der Waals surface area contributed by atoms with E-state index >= 15 is 0 Å². The van der Waals surface area contributed by atoms with Gasteiger partial charge in [-0.05, 0) is 30.4 Å². The number of aliphatic carboxylic acids is 1. The average molecular weight is 316 g/mol. The van der Waals surface area contributed by atoms with E-state index in [1.807, 2.05) is 0 Å². The monoisotopic (exact) mass is 316 g/mol. The highest BCUT2D eigenvalue weighted by molar-refractivity contribution is 7.80. The summed E-state index contributed by atoms with van der Waals surface area (Å²) < 4.78 is 5.29. The average Bonchev–Trinajstić information content (AvgIpc) is 3.00. The number of hydrogen-bond donors (Lipinski definition) is 1. The number of fused-ring (bicyclic) bond motifs is 1. The topological polar surface area (TPSA) is 83.1 Å². The van der Waals surface area contributed by atoms with Gasteiger partial charge >= 0.3 is 5.97 Å². The van der Waals surface area contributed by atoms with Gasteiger partial charge < -0.3 is 9.52 Å². The summed E-state index contributed by atoms with van der Waals surface area (Å²) in [7, 11) is 0.